The molecule has 1 unspecified atom stereocenters. The minimum atomic E-state index is -0.731. The number of likely N-dealkylation sites (N-methyl/N-ethyl adjacent to an activating group) is 1. The number of aromatic hydroxyl groups is 1. The molecule has 214 valence electrons. The van der Waals surface area contributed by atoms with Gasteiger partial charge in [0, 0.05) is 18.2 Å². The predicted molar refractivity (Wildman–Crippen MR) is 157 cm³/mol. The summed E-state index contributed by atoms with van der Waals surface area (Å²) in [6, 6.07) is 11.9. The van der Waals surface area contributed by atoms with Crippen LogP contribution in [0.25, 0.3) is 0 Å². The molecule has 0 aromatic heterocycles. The van der Waals surface area contributed by atoms with Gasteiger partial charge in [-0.05, 0) is 79.5 Å². The maximum Gasteiger partial charge on any atom is 0.279 e. The molecule has 5 atom stereocenters. The molecular formula is C31H40N4O4S. The van der Waals surface area contributed by atoms with Crippen LogP contribution in [0.3, 0.4) is 0 Å². The molecule has 3 aliphatic rings. The van der Waals surface area contributed by atoms with Crippen LogP contribution in [0.15, 0.2) is 42.5 Å². The third-order valence-electron chi connectivity index (χ3n) is 8.93. The van der Waals surface area contributed by atoms with Crippen LogP contribution < -0.4 is 16.0 Å². The van der Waals surface area contributed by atoms with E-state index in [0.717, 1.165) is 30.4 Å². The average molecular weight is 565 g/mol. The maximum atomic E-state index is 14.1. The molecule has 4 N–H and O–H groups in total. The Morgan fingerprint density at radius 3 is 2.65 bits per heavy atom. The zero-order valence-electron chi connectivity index (χ0n) is 23.7. The fourth-order valence-corrected chi connectivity index (χ4v) is 7.69. The fraction of sp³-hybridized carbons (Fsp3) is 0.516. The molecule has 2 heterocycles. The lowest BCUT2D eigenvalue weighted by atomic mass is 9.82. The van der Waals surface area contributed by atoms with Crippen molar-refractivity contribution in [2.24, 2.45) is 5.41 Å². The Hall–Kier alpha value is -3.04. The average Bonchev–Trinajstić information content (AvgIpc) is 3.15. The van der Waals surface area contributed by atoms with Gasteiger partial charge in [0.05, 0.1) is 18.1 Å². The number of nitrogens with one attached hydrogen (secondary N) is 3. The van der Waals surface area contributed by atoms with Gasteiger partial charge in [-0.2, -0.15) is 0 Å². The highest BCUT2D eigenvalue weighted by atomic mass is 32.2. The van der Waals surface area contributed by atoms with Gasteiger partial charge in [-0.3, -0.25) is 14.4 Å². The second-order valence-corrected chi connectivity index (χ2v) is 13.0. The number of aryl methyl sites for hydroxylation is 1. The van der Waals surface area contributed by atoms with Crippen molar-refractivity contribution in [2.45, 2.75) is 83.1 Å². The SMILES string of the molecule is CN[C@@H](C)C(=O)N[C@H]1Cc2ccc(O)cc2[C@H]2CC(C)(C)C(CSC(=O)N[C@@H]3CCCc4ccccc43)N2C1=O. The van der Waals surface area contributed by atoms with E-state index >= 15 is 0 Å². The lowest BCUT2D eigenvalue weighted by molar-refractivity contribution is -0.139. The number of carbonyl (C=O) groups is 3. The Labute approximate surface area is 240 Å². The van der Waals surface area contributed by atoms with Crippen molar-refractivity contribution in [3.05, 3.63) is 64.7 Å². The monoisotopic (exact) mass is 564 g/mol. The number of hydrogen-bond acceptors (Lipinski definition) is 6. The van der Waals surface area contributed by atoms with Gasteiger partial charge >= 0.3 is 0 Å². The van der Waals surface area contributed by atoms with Crippen LogP contribution in [0, 0.1) is 5.41 Å². The number of thioether (sulfide) groups is 1. The first-order valence-corrected chi connectivity index (χ1v) is 15.2. The maximum absolute atomic E-state index is 14.1. The standard InChI is InChI=1S/C31H40N4O4S/c1-18(32-4)28(37)33-25-14-20-12-13-21(36)15-23(20)26-16-31(2,3)27(35(26)29(25)38)17-40-30(39)34-24-11-7-9-19-8-5-6-10-22(19)24/h5-6,8,10,12-13,15,18,24-27,32,36H,7,9,11,14,16-17H2,1-4H3,(H,33,37)(H,34,39)/t18-,24+,25-,26+,27?/m0/s1. The summed E-state index contributed by atoms with van der Waals surface area (Å²) in [7, 11) is 1.71. The number of nitrogens with zero attached hydrogens (tertiary/aromatic N) is 1. The van der Waals surface area contributed by atoms with Crippen molar-refractivity contribution in [1.29, 1.82) is 0 Å². The summed E-state index contributed by atoms with van der Waals surface area (Å²) < 4.78 is 0. The zero-order valence-corrected chi connectivity index (χ0v) is 24.5. The third-order valence-corrected chi connectivity index (χ3v) is 9.80. The van der Waals surface area contributed by atoms with E-state index in [0.29, 0.717) is 18.6 Å². The number of amides is 3. The molecule has 0 bridgehead atoms. The van der Waals surface area contributed by atoms with Crippen molar-refractivity contribution >= 4 is 28.8 Å². The molecule has 0 spiro atoms. The van der Waals surface area contributed by atoms with E-state index in [1.807, 2.05) is 23.1 Å². The van der Waals surface area contributed by atoms with Gasteiger partial charge in [0.2, 0.25) is 11.8 Å². The van der Waals surface area contributed by atoms with E-state index < -0.39 is 12.1 Å². The minimum Gasteiger partial charge on any atom is -0.508 e. The van der Waals surface area contributed by atoms with Gasteiger partial charge in [-0.15, -0.1) is 0 Å². The second kappa shape index (κ2) is 11.4. The fourth-order valence-electron chi connectivity index (χ4n) is 6.55. The minimum absolute atomic E-state index is 0.00212. The molecule has 8 nitrogen and oxygen atoms in total. The third kappa shape index (κ3) is 5.59. The highest BCUT2D eigenvalue weighted by molar-refractivity contribution is 8.13. The molecule has 9 heteroatoms. The highest BCUT2D eigenvalue weighted by Crippen LogP contribution is 2.51. The van der Waals surface area contributed by atoms with E-state index in [1.165, 1.54) is 22.9 Å². The summed E-state index contributed by atoms with van der Waals surface area (Å²) in [4.78, 5) is 42.1. The van der Waals surface area contributed by atoms with Crippen LogP contribution >= 0.6 is 11.8 Å². The van der Waals surface area contributed by atoms with Gasteiger partial charge in [0.1, 0.15) is 11.8 Å². The lowest BCUT2D eigenvalue weighted by Crippen LogP contribution is -2.55. The van der Waals surface area contributed by atoms with Crippen molar-refractivity contribution in [1.82, 2.24) is 20.9 Å². The van der Waals surface area contributed by atoms with Crippen LogP contribution in [0.4, 0.5) is 4.79 Å². The van der Waals surface area contributed by atoms with Crippen molar-refractivity contribution < 1.29 is 19.5 Å². The Morgan fingerprint density at radius 1 is 1.10 bits per heavy atom. The van der Waals surface area contributed by atoms with Crippen LogP contribution in [-0.2, 0) is 22.4 Å². The van der Waals surface area contributed by atoms with Gasteiger partial charge in [-0.1, -0.05) is 55.9 Å². The van der Waals surface area contributed by atoms with E-state index in [2.05, 4.69) is 41.9 Å². The molecule has 1 aliphatic carbocycles. The summed E-state index contributed by atoms with van der Waals surface area (Å²) in [6.07, 6.45) is 4.04. The van der Waals surface area contributed by atoms with Crippen LogP contribution in [0.5, 0.6) is 5.75 Å². The number of rotatable bonds is 6. The molecule has 1 fully saturated rings. The first-order chi connectivity index (χ1) is 19.1. The summed E-state index contributed by atoms with van der Waals surface area (Å²) >= 11 is 1.23. The van der Waals surface area contributed by atoms with Gasteiger partial charge in [-0.25, -0.2) is 0 Å². The molecule has 5 rings (SSSR count). The summed E-state index contributed by atoms with van der Waals surface area (Å²) in [5.74, 6) is 0.212. The zero-order chi connectivity index (χ0) is 28.6. The molecule has 3 amide bonds. The Bertz CT molecular complexity index is 1300. The van der Waals surface area contributed by atoms with Crippen LogP contribution in [0.1, 0.15) is 74.4 Å². The van der Waals surface area contributed by atoms with E-state index in [-0.39, 0.29) is 46.3 Å². The molecule has 2 aromatic carbocycles. The normalized spacial score (nSPS) is 25.7. The number of carbonyl (C=O) groups excluding carboxylic acids is 3. The number of phenolic OH excluding ortho intramolecular Hbond substituents is 1. The van der Waals surface area contributed by atoms with Crippen molar-refractivity contribution in [3.63, 3.8) is 0 Å². The number of fused-ring (bicyclic) bond motifs is 4. The van der Waals surface area contributed by atoms with Crippen molar-refractivity contribution in [3.8, 4) is 5.75 Å². The smallest absolute Gasteiger partial charge is 0.279 e. The number of benzene rings is 2. The number of hydrogen-bond donors (Lipinski definition) is 4. The largest absolute Gasteiger partial charge is 0.508 e. The summed E-state index contributed by atoms with van der Waals surface area (Å²) in [5, 5.41) is 19.4. The first-order valence-electron chi connectivity index (χ1n) is 14.2. The molecule has 2 aliphatic heterocycles. The molecule has 0 radical (unpaired) electrons. The van der Waals surface area contributed by atoms with Crippen LogP contribution in [0.2, 0.25) is 0 Å². The lowest BCUT2D eigenvalue weighted by Gasteiger charge is -2.35. The van der Waals surface area contributed by atoms with Gasteiger partial charge in [0.25, 0.3) is 5.24 Å². The van der Waals surface area contributed by atoms with E-state index in [9.17, 15) is 19.5 Å². The van der Waals surface area contributed by atoms with Gasteiger partial charge < -0.3 is 26.0 Å². The summed E-state index contributed by atoms with van der Waals surface area (Å²) in [6.45, 7) is 6.02. The second-order valence-electron chi connectivity index (χ2n) is 12.0. The first kappa shape index (κ1) is 28.5. The Balaban J connectivity index is 1.38. The topological polar surface area (TPSA) is 111 Å². The highest BCUT2D eigenvalue weighted by Gasteiger charge is 2.52. The molecule has 0 saturated carbocycles. The predicted octanol–water partition coefficient (Wildman–Crippen LogP) is 4.23. The van der Waals surface area contributed by atoms with Crippen molar-refractivity contribution in [2.75, 3.05) is 12.8 Å². The van der Waals surface area contributed by atoms with E-state index in [4.69, 9.17) is 0 Å². The molecule has 1 saturated heterocycles. The Kier molecular flexibility index (Phi) is 8.15. The van der Waals surface area contributed by atoms with Crippen LogP contribution in [-0.4, -0.2) is 58.0 Å². The Morgan fingerprint density at radius 2 is 1.88 bits per heavy atom. The summed E-state index contributed by atoms with van der Waals surface area (Å²) in [5.41, 5.74) is 4.06. The quantitative estimate of drug-likeness (QED) is 0.418. The van der Waals surface area contributed by atoms with E-state index in [1.54, 1.807) is 26.1 Å². The molecule has 2 aromatic rings. The van der Waals surface area contributed by atoms with Gasteiger partial charge in [0.15, 0.2) is 0 Å². The number of phenols is 1. The molecular weight excluding hydrogens is 524 g/mol. The molecule has 40 heavy (non-hydrogen) atoms.